The number of amides is 1. The fourth-order valence-corrected chi connectivity index (χ4v) is 5.09. The highest BCUT2D eigenvalue weighted by Crippen LogP contribution is 2.47. The topological polar surface area (TPSA) is 115 Å². The lowest BCUT2D eigenvalue weighted by Gasteiger charge is -2.57. The van der Waals surface area contributed by atoms with E-state index in [1.807, 2.05) is 36.1 Å². The number of aromatic nitrogens is 6. The van der Waals surface area contributed by atoms with Gasteiger partial charge in [0, 0.05) is 24.5 Å². The highest BCUT2D eigenvalue weighted by atomic mass is 16.4. The largest absolute Gasteiger partial charge is 0.422 e. The number of oxazole rings is 1. The number of hydrogen-bond donors (Lipinski definition) is 1. The van der Waals surface area contributed by atoms with Gasteiger partial charge in [-0.05, 0) is 55.9 Å². The van der Waals surface area contributed by atoms with Crippen LogP contribution in [0.5, 0.6) is 0 Å². The molecule has 33 heavy (non-hydrogen) atoms. The van der Waals surface area contributed by atoms with Crippen molar-refractivity contribution in [2.45, 2.75) is 38.8 Å². The first kappa shape index (κ1) is 19.8. The number of rotatable bonds is 5. The lowest BCUT2D eigenvalue weighted by molar-refractivity contribution is -0.0506. The van der Waals surface area contributed by atoms with E-state index >= 15 is 0 Å². The molecule has 168 valence electrons. The molecule has 0 aromatic carbocycles. The zero-order valence-electron chi connectivity index (χ0n) is 18.4. The lowest BCUT2D eigenvalue weighted by Crippen LogP contribution is -2.64. The standard InChI is InChI=1S/C23H24N8O2/c1-13-5-6-17(31-26-8-9-27-31)20(28-13)22(32)30-16-10-15(11-16)14(2)18(30)12-25-23-29-21-19(33-23)4-3-7-24-21/h3-9,14-16,18H,10-12H2,1-2H3,(H,24,25,29). The third-order valence-electron chi connectivity index (χ3n) is 6.96. The van der Waals surface area contributed by atoms with E-state index in [1.54, 1.807) is 18.6 Å². The number of anilines is 1. The maximum atomic E-state index is 13.9. The van der Waals surface area contributed by atoms with E-state index in [2.05, 4.69) is 37.4 Å². The molecule has 0 radical (unpaired) electrons. The zero-order chi connectivity index (χ0) is 22.5. The van der Waals surface area contributed by atoms with Crippen LogP contribution in [0.2, 0.25) is 0 Å². The fraction of sp³-hybridized carbons (Fsp3) is 0.391. The van der Waals surface area contributed by atoms with E-state index < -0.39 is 0 Å². The van der Waals surface area contributed by atoms with E-state index in [1.165, 1.54) is 4.80 Å². The van der Waals surface area contributed by atoms with Crippen molar-refractivity contribution in [1.82, 2.24) is 34.8 Å². The molecule has 3 fully saturated rings. The number of nitrogens with zero attached hydrogens (tertiary/aromatic N) is 7. The first-order chi connectivity index (χ1) is 16.1. The molecule has 1 aliphatic carbocycles. The van der Waals surface area contributed by atoms with Gasteiger partial charge in [-0.15, -0.1) is 4.80 Å². The Morgan fingerprint density at radius 1 is 1.15 bits per heavy atom. The summed E-state index contributed by atoms with van der Waals surface area (Å²) in [6.07, 6.45) is 6.92. The lowest BCUT2D eigenvalue weighted by atomic mass is 9.64. The Morgan fingerprint density at radius 3 is 2.76 bits per heavy atom. The molecule has 4 aromatic rings. The van der Waals surface area contributed by atoms with Gasteiger partial charge in [0.05, 0.1) is 18.4 Å². The summed E-state index contributed by atoms with van der Waals surface area (Å²) < 4.78 is 5.78. The third-order valence-corrected chi connectivity index (χ3v) is 6.96. The summed E-state index contributed by atoms with van der Waals surface area (Å²) in [5.74, 6) is 0.867. The highest BCUT2D eigenvalue weighted by molar-refractivity contribution is 5.96. The summed E-state index contributed by atoms with van der Waals surface area (Å²) in [6.45, 7) is 4.64. The summed E-state index contributed by atoms with van der Waals surface area (Å²) >= 11 is 0. The van der Waals surface area contributed by atoms with Crippen molar-refractivity contribution in [1.29, 1.82) is 0 Å². The molecule has 1 saturated carbocycles. The maximum absolute atomic E-state index is 13.9. The second kappa shape index (κ2) is 7.65. The molecule has 3 aliphatic rings. The predicted molar refractivity (Wildman–Crippen MR) is 120 cm³/mol. The van der Waals surface area contributed by atoms with E-state index in [0.29, 0.717) is 47.0 Å². The van der Waals surface area contributed by atoms with Crippen molar-refractivity contribution < 1.29 is 9.21 Å². The minimum absolute atomic E-state index is 0.0151. The van der Waals surface area contributed by atoms with Crippen LogP contribution in [-0.2, 0) is 0 Å². The average molecular weight is 444 g/mol. The highest BCUT2D eigenvalue weighted by Gasteiger charge is 2.51. The van der Waals surface area contributed by atoms with Crippen molar-refractivity contribution in [2.24, 2.45) is 11.8 Å². The molecular formula is C23H24N8O2. The van der Waals surface area contributed by atoms with Crippen LogP contribution < -0.4 is 5.32 Å². The number of fused-ring (bicyclic) bond motifs is 3. The van der Waals surface area contributed by atoms with Gasteiger partial charge in [0.15, 0.2) is 11.3 Å². The minimum Gasteiger partial charge on any atom is -0.422 e. The Bertz CT molecular complexity index is 1280. The van der Waals surface area contributed by atoms with Gasteiger partial charge in [-0.2, -0.15) is 15.2 Å². The van der Waals surface area contributed by atoms with Crippen LogP contribution >= 0.6 is 0 Å². The molecule has 1 N–H and O–H groups in total. The first-order valence-electron chi connectivity index (χ1n) is 11.2. The molecule has 2 saturated heterocycles. The summed E-state index contributed by atoms with van der Waals surface area (Å²) in [5, 5.41) is 11.7. The average Bonchev–Trinajstić information content (AvgIpc) is 3.46. The molecule has 2 aliphatic heterocycles. The first-order valence-corrected chi connectivity index (χ1v) is 11.2. The molecule has 10 heteroatoms. The number of piperidine rings is 2. The van der Waals surface area contributed by atoms with Gasteiger partial charge in [0.25, 0.3) is 11.9 Å². The molecule has 2 atom stereocenters. The second-order valence-corrected chi connectivity index (χ2v) is 8.89. The van der Waals surface area contributed by atoms with Gasteiger partial charge in [0.1, 0.15) is 5.69 Å². The predicted octanol–water partition coefficient (Wildman–Crippen LogP) is 2.86. The van der Waals surface area contributed by atoms with Crippen molar-refractivity contribution >= 4 is 23.2 Å². The number of aryl methyl sites for hydroxylation is 1. The van der Waals surface area contributed by atoms with Gasteiger partial charge in [-0.25, -0.2) is 9.97 Å². The van der Waals surface area contributed by atoms with E-state index in [0.717, 1.165) is 18.5 Å². The van der Waals surface area contributed by atoms with Crippen LogP contribution in [0.4, 0.5) is 6.01 Å². The monoisotopic (exact) mass is 444 g/mol. The summed E-state index contributed by atoms with van der Waals surface area (Å²) in [7, 11) is 0. The van der Waals surface area contributed by atoms with E-state index in [9.17, 15) is 4.79 Å². The fourth-order valence-electron chi connectivity index (χ4n) is 5.09. The zero-order valence-corrected chi connectivity index (χ0v) is 18.4. The molecule has 7 rings (SSSR count). The van der Waals surface area contributed by atoms with E-state index in [-0.39, 0.29) is 18.0 Å². The number of pyridine rings is 2. The molecule has 2 bridgehead atoms. The number of nitrogens with one attached hydrogen (secondary N) is 1. The quantitative estimate of drug-likeness (QED) is 0.500. The second-order valence-electron chi connectivity index (χ2n) is 8.89. The van der Waals surface area contributed by atoms with Crippen molar-refractivity contribution in [2.75, 3.05) is 11.9 Å². The van der Waals surface area contributed by atoms with Crippen molar-refractivity contribution in [3.63, 3.8) is 0 Å². The molecule has 10 nitrogen and oxygen atoms in total. The molecule has 0 spiro atoms. The Morgan fingerprint density at radius 2 is 1.97 bits per heavy atom. The van der Waals surface area contributed by atoms with Crippen LogP contribution in [0.25, 0.3) is 16.9 Å². The minimum atomic E-state index is -0.0907. The molecule has 6 heterocycles. The SMILES string of the molecule is Cc1ccc(-n2nccn2)c(C(=O)N2C3CC(C3)C(C)C2CNc2nc3ncccc3o2)n1. The molecule has 1 amide bonds. The Balaban J connectivity index is 1.31. The van der Waals surface area contributed by atoms with Gasteiger partial charge in [-0.1, -0.05) is 6.92 Å². The number of carbonyl (C=O) groups excluding carboxylic acids is 1. The summed E-state index contributed by atoms with van der Waals surface area (Å²) in [4.78, 5) is 30.6. The Labute approximate surface area is 190 Å². The van der Waals surface area contributed by atoms with Gasteiger partial charge < -0.3 is 14.6 Å². The molecular weight excluding hydrogens is 420 g/mol. The Kier molecular flexibility index (Phi) is 4.60. The van der Waals surface area contributed by atoms with Crippen LogP contribution in [0.3, 0.4) is 0 Å². The third kappa shape index (κ3) is 3.33. The molecule has 4 aromatic heterocycles. The van der Waals surface area contributed by atoms with Gasteiger partial charge >= 0.3 is 0 Å². The normalized spacial score (nSPS) is 24.0. The van der Waals surface area contributed by atoms with E-state index in [4.69, 9.17) is 4.42 Å². The number of carbonyl (C=O) groups is 1. The molecule has 2 unspecified atom stereocenters. The maximum Gasteiger partial charge on any atom is 0.297 e. The van der Waals surface area contributed by atoms with Gasteiger partial charge in [0.2, 0.25) is 5.65 Å². The smallest absolute Gasteiger partial charge is 0.297 e. The summed E-state index contributed by atoms with van der Waals surface area (Å²) in [6, 6.07) is 7.98. The van der Waals surface area contributed by atoms with Crippen LogP contribution in [0.1, 0.15) is 35.9 Å². The van der Waals surface area contributed by atoms with Crippen molar-refractivity contribution in [3.05, 3.63) is 54.2 Å². The van der Waals surface area contributed by atoms with Gasteiger partial charge in [-0.3, -0.25) is 4.79 Å². The number of hydrogen-bond acceptors (Lipinski definition) is 8. The van der Waals surface area contributed by atoms with Crippen molar-refractivity contribution in [3.8, 4) is 5.69 Å². The van der Waals surface area contributed by atoms with Crippen LogP contribution in [0, 0.1) is 18.8 Å². The Hall–Kier alpha value is -3.82. The summed E-state index contributed by atoms with van der Waals surface area (Å²) in [5.41, 5.74) is 2.93. The van der Waals surface area contributed by atoms with Crippen LogP contribution in [-0.4, -0.2) is 59.4 Å². The van der Waals surface area contributed by atoms with Crippen LogP contribution in [0.15, 0.2) is 47.3 Å².